The molecule has 0 saturated carbocycles. The van der Waals surface area contributed by atoms with Crippen molar-refractivity contribution >= 4 is 41.0 Å². The van der Waals surface area contributed by atoms with Crippen molar-refractivity contribution in [1.29, 1.82) is 5.26 Å². The van der Waals surface area contributed by atoms with Gasteiger partial charge >= 0.3 is 11.9 Å². The highest BCUT2D eigenvalue weighted by Gasteiger charge is 2.36. The molecule has 3 N–H and O–H groups in total. The van der Waals surface area contributed by atoms with E-state index in [4.69, 9.17) is 42.7 Å². The molecule has 2 aliphatic rings. The molecule has 62 heavy (non-hydrogen) atoms. The van der Waals surface area contributed by atoms with Crippen LogP contribution in [0.5, 0.6) is 17.2 Å². The number of nitrogens with one attached hydrogen (secondary N) is 1. The van der Waals surface area contributed by atoms with E-state index in [1.807, 2.05) is 83.8 Å². The number of hydrogen-bond donors (Lipinski definition) is 3. The smallest absolute Gasteiger partial charge is 0.336 e. The summed E-state index contributed by atoms with van der Waals surface area (Å²) in [6.45, 7) is 0.926. The van der Waals surface area contributed by atoms with Crippen molar-refractivity contribution in [3.05, 3.63) is 182 Å². The predicted octanol–water partition coefficient (Wildman–Crippen LogP) is 9.06. The standard InChI is InChI=1S/C49H39Cl2N3O8/c50-40-18-9-31(19-41(40)51)27-60-38-16-14-34(15-17-38)46-28-61-44-22-36-21-43(54(26-37(36)23-45(44)62-46)25-35-3-1-2-4-39(35)48(56)57)47(55)53-42(49(58)59)20-29-5-10-32(11-6-29)33-12-7-30(24-52)8-13-33/h1-19,22-23,42-43,46H,20-21,25-28H2,(H,53,55)(H,56,57)(H,58,59). The summed E-state index contributed by atoms with van der Waals surface area (Å²) in [4.78, 5) is 40.9. The summed E-state index contributed by atoms with van der Waals surface area (Å²) >= 11 is 12.2. The van der Waals surface area contributed by atoms with Crippen molar-refractivity contribution < 1.29 is 38.8 Å². The molecule has 0 fully saturated rings. The first-order valence-electron chi connectivity index (χ1n) is 19.8. The predicted molar refractivity (Wildman–Crippen MR) is 233 cm³/mol. The van der Waals surface area contributed by atoms with Crippen LogP contribution < -0.4 is 19.5 Å². The molecule has 0 aliphatic carbocycles. The molecule has 13 heteroatoms. The number of hydrogen-bond acceptors (Lipinski definition) is 8. The first-order chi connectivity index (χ1) is 30.0. The van der Waals surface area contributed by atoms with E-state index in [2.05, 4.69) is 11.4 Å². The lowest BCUT2D eigenvalue weighted by Gasteiger charge is -2.38. The van der Waals surface area contributed by atoms with Crippen LogP contribution in [0.25, 0.3) is 11.1 Å². The van der Waals surface area contributed by atoms with Gasteiger partial charge in [0, 0.05) is 19.5 Å². The maximum Gasteiger partial charge on any atom is 0.336 e. The van der Waals surface area contributed by atoms with E-state index in [-0.39, 0.29) is 38.1 Å². The third kappa shape index (κ3) is 9.54. The van der Waals surface area contributed by atoms with Gasteiger partial charge in [-0.1, -0.05) is 96.0 Å². The van der Waals surface area contributed by atoms with Gasteiger partial charge in [-0.05, 0) is 106 Å². The molecular formula is C49H39Cl2N3O8. The molecule has 312 valence electrons. The maximum atomic E-state index is 14.2. The summed E-state index contributed by atoms with van der Waals surface area (Å²) in [6.07, 6.45) is -0.162. The van der Waals surface area contributed by atoms with Gasteiger partial charge in [0.1, 0.15) is 25.0 Å². The lowest BCUT2D eigenvalue weighted by atomic mass is 9.91. The van der Waals surface area contributed by atoms with Crippen molar-refractivity contribution in [2.45, 2.75) is 50.7 Å². The number of nitrogens with zero attached hydrogens (tertiary/aromatic N) is 2. The Bertz CT molecular complexity index is 2680. The normalized spacial score (nSPS) is 16.0. The van der Waals surface area contributed by atoms with Gasteiger partial charge in [0.15, 0.2) is 17.6 Å². The lowest BCUT2D eigenvalue weighted by molar-refractivity contribution is -0.142. The maximum absolute atomic E-state index is 14.2. The van der Waals surface area contributed by atoms with Crippen molar-refractivity contribution in [1.82, 2.24) is 10.2 Å². The second-order valence-corrected chi connectivity index (χ2v) is 16.0. The van der Waals surface area contributed by atoms with Crippen LogP contribution in [0, 0.1) is 11.3 Å². The molecule has 2 heterocycles. The number of halogens is 2. The number of carboxylic acid groups (broad SMARTS) is 2. The van der Waals surface area contributed by atoms with E-state index >= 15 is 0 Å². The highest BCUT2D eigenvalue weighted by Crippen LogP contribution is 2.41. The van der Waals surface area contributed by atoms with Gasteiger partial charge in [0.2, 0.25) is 5.91 Å². The average Bonchev–Trinajstić information content (AvgIpc) is 3.28. The summed E-state index contributed by atoms with van der Waals surface area (Å²) < 4.78 is 18.7. The zero-order valence-electron chi connectivity index (χ0n) is 33.1. The number of rotatable bonds is 13. The Hall–Kier alpha value is -6.84. The number of nitriles is 1. The topological polar surface area (TPSA) is 158 Å². The van der Waals surface area contributed by atoms with Gasteiger partial charge in [-0.15, -0.1) is 0 Å². The minimum atomic E-state index is -1.24. The number of carbonyl (C=O) groups is 3. The summed E-state index contributed by atoms with van der Waals surface area (Å²) in [5.41, 5.74) is 7.17. The Kier molecular flexibility index (Phi) is 12.4. The Morgan fingerprint density at radius 1 is 0.823 bits per heavy atom. The number of aromatic carboxylic acids is 1. The number of carboxylic acids is 2. The van der Waals surface area contributed by atoms with Crippen LogP contribution in [-0.4, -0.2) is 51.6 Å². The van der Waals surface area contributed by atoms with Crippen LogP contribution in [0.3, 0.4) is 0 Å². The van der Waals surface area contributed by atoms with Crippen molar-refractivity contribution in [2.24, 2.45) is 0 Å². The molecule has 2 aliphatic heterocycles. The van der Waals surface area contributed by atoms with E-state index < -0.39 is 36.0 Å². The van der Waals surface area contributed by atoms with Gasteiger partial charge in [-0.3, -0.25) is 9.69 Å². The van der Waals surface area contributed by atoms with Gasteiger partial charge in [0.05, 0.1) is 33.3 Å². The molecule has 11 nitrogen and oxygen atoms in total. The van der Waals surface area contributed by atoms with Crippen LogP contribution in [0.4, 0.5) is 0 Å². The van der Waals surface area contributed by atoms with E-state index in [0.29, 0.717) is 50.6 Å². The largest absolute Gasteiger partial charge is 0.489 e. The number of ether oxygens (including phenoxy) is 3. The molecule has 1 amide bonds. The summed E-state index contributed by atoms with van der Waals surface area (Å²) in [7, 11) is 0. The zero-order valence-corrected chi connectivity index (χ0v) is 34.6. The third-order valence-corrected chi connectivity index (χ3v) is 11.8. The first-order valence-corrected chi connectivity index (χ1v) is 20.6. The number of benzene rings is 6. The SMILES string of the molecule is N#Cc1ccc(-c2ccc(CC(NC(=O)C3Cc4cc5c(cc4CN3Cc3ccccc3C(=O)O)OC(c3ccc(OCc4ccc(Cl)c(Cl)c4)cc3)CO5)C(=O)O)cc2)cc1. The molecule has 3 unspecified atom stereocenters. The Labute approximate surface area is 367 Å². The number of fused-ring (bicyclic) bond motifs is 2. The van der Waals surface area contributed by atoms with Crippen LogP contribution >= 0.6 is 23.2 Å². The molecule has 0 aromatic heterocycles. The number of amides is 1. The van der Waals surface area contributed by atoms with Crippen LogP contribution in [0.2, 0.25) is 10.0 Å². The minimum absolute atomic E-state index is 0.0359. The molecule has 0 bridgehead atoms. The zero-order chi connectivity index (χ0) is 43.3. The highest BCUT2D eigenvalue weighted by atomic mass is 35.5. The first kappa shape index (κ1) is 41.9. The fourth-order valence-corrected chi connectivity index (χ4v) is 8.05. The lowest BCUT2D eigenvalue weighted by Crippen LogP contribution is -2.54. The highest BCUT2D eigenvalue weighted by molar-refractivity contribution is 6.42. The Balaban J connectivity index is 0.988. The molecule has 6 aromatic carbocycles. The summed E-state index contributed by atoms with van der Waals surface area (Å²) in [6, 6.07) is 37.9. The summed E-state index contributed by atoms with van der Waals surface area (Å²) in [5, 5.41) is 33.1. The fraction of sp³-hybridized carbons (Fsp3) is 0.184. The fourth-order valence-electron chi connectivity index (χ4n) is 7.73. The second-order valence-electron chi connectivity index (χ2n) is 15.2. The van der Waals surface area contributed by atoms with Gasteiger partial charge in [-0.2, -0.15) is 5.26 Å². The molecule has 3 atom stereocenters. The molecule has 0 spiro atoms. The van der Waals surface area contributed by atoms with Crippen molar-refractivity contribution in [3.8, 4) is 34.4 Å². The number of aliphatic carboxylic acids is 1. The monoisotopic (exact) mass is 867 g/mol. The van der Waals surface area contributed by atoms with E-state index in [1.165, 1.54) is 6.07 Å². The van der Waals surface area contributed by atoms with E-state index in [9.17, 15) is 24.6 Å². The summed E-state index contributed by atoms with van der Waals surface area (Å²) in [5.74, 6) is -1.05. The molecule has 8 rings (SSSR count). The van der Waals surface area contributed by atoms with Crippen molar-refractivity contribution in [3.63, 3.8) is 0 Å². The van der Waals surface area contributed by atoms with Crippen molar-refractivity contribution in [2.75, 3.05) is 6.61 Å². The number of carbonyl (C=O) groups excluding carboxylic acids is 1. The van der Waals surface area contributed by atoms with E-state index in [0.717, 1.165) is 33.4 Å². The van der Waals surface area contributed by atoms with Gasteiger partial charge in [-0.25, -0.2) is 9.59 Å². The molecule has 0 radical (unpaired) electrons. The molecular weight excluding hydrogens is 829 g/mol. The Morgan fingerprint density at radius 2 is 1.52 bits per heavy atom. The Morgan fingerprint density at radius 3 is 2.21 bits per heavy atom. The van der Waals surface area contributed by atoms with Crippen LogP contribution in [0.15, 0.2) is 127 Å². The molecule has 6 aromatic rings. The van der Waals surface area contributed by atoms with E-state index in [1.54, 1.807) is 42.5 Å². The van der Waals surface area contributed by atoms with Gasteiger partial charge < -0.3 is 29.7 Å². The van der Waals surface area contributed by atoms with Crippen LogP contribution in [-0.2, 0) is 42.1 Å². The molecule has 0 saturated heterocycles. The quantitative estimate of drug-likeness (QED) is 0.102. The van der Waals surface area contributed by atoms with Gasteiger partial charge in [0.25, 0.3) is 0 Å². The second kappa shape index (κ2) is 18.4. The third-order valence-electron chi connectivity index (χ3n) is 11.1. The minimum Gasteiger partial charge on any atom is -0.489 e. The average molecular weight is 869 g/mol. The van der Waals surface area contributed by atoms with Crippen LogP contribution in [0.1, 0.15) is 55.4 Å².